The Morgan fingerprint density at radius 1 is 0.500 bits per heavy atom. The molecular weight excluding hydrogens is 803 g/mol. The molecule has 0 amide bonds. The smallest absolute Gasteiger partial charge is 0.261 e. The van der Waals surface area contributed by atoms with Crippen molar-refractivity contribution in [2.75, 3.05) is 4.72 Å². The van der Waals surface area contributed by atoms with Crippen LogP contribution in [-0.4, -0.2) is 18.4 Å². The monoisotopic (exact) mass is 872 g/mol. The molecule has 6 heteroatoms. The Kier molecular flexibility index (Phi) is 17.3. The SMILES string of the molecule is CC(C)c1ccc(CCCCc2c[nH]c3ccccc23)cc1.CC(C)c1cccc(S(=O)(=O)Nc2ccccc2)c1.Cc1[nH]c2ccccc2c1CCCCc1ccc(C(C)C)cc1. The molecule has 64 heavy (non-hydrogen) atoms. The lowest BCUT2D eigenvalue weighted by Gasteiger charge is -2.10. The molecule has 0 saturated carbocycles. The Bertz CT molecular complexity index is 2740. The lowest BCUT2D eigenvalue weighted by Crippen LogP contribution is -2.13. The fourth-order valence-electron chi connectivity index (χ4n) is 8.17. The minimum atomic E-state index is -3.52. The van der Waals surface area contributed by atoms with E-state index in [-0.39, 0.29) is 0 Å². The number of H-pyrrole nitrogens is 2. The van der Waals surface area contributed by atoms with E-state index in [0.29, 0.717) is 28.3 Å². The number of unbranched alkanes of at least 4 members (excludes halogenated alkanes) is 2. The number of anilines is 1. The van der Waals surface area contributed by atoms with Gasteiger partial charge in [0, 0.05) is 39.4 Å². The normalized spacial score (nSPS) is 11.5. The molecule has 0 spiro atoms. The first-order chi connectivity index (χ1) is 30.9. The van der Waals surface area contributed by atoms with E-state index in [4.69, 9.17) is 0 Å². The Morgan fingerprint density at radius 3 is 1.61 bits per heavy atom. The first kappa shape index (κ1) is 47.6. The van der Waals surface area contributed by atoms with Crippen LogP contribution in [0.4, 0.5) is 5.69 Å². The highest BCUT2D eigenvalue weighted by Crippen LogP contribution is 2.25. The fourth-order valence-corrected chi connectivity index (χ4v) is 9.28. The number of hydrogen-bond acceptors (Lipinski definition) is 2. The maximum Gasteiger partial charge on any atom is 0.261 e. The van der Waals surface area contributed by atoms with Crippen LogP contribution in [0.1, 0.15) is 130 Å². The molecule has 8 rings (SSSR count). The van der Waals surface area contributed by atoms with Gasteiger partial charge in [-0.2, -0.15) is 0 Å². The molecule has 0 unspecified atom stereocenters. The second kappa shape index (κ2) is 23.2. The summed E-state index contributed by atoms with van der Waals surface area (Å²) in [6, 6.07) is 51.4. The molecule has 0 atom stereocenters. The van der Waals surface area contributed by atoms with Gasteiger partial charge in [0.25, 0.3) is 10.0 Å². The minimum Gasteiger partial charge on any atom is -0.361 e. The Morgan fingerprint density at radius 2 is 1.02 bits per heavy atom. The number of aromatic nitrogens is 2. The van der Waals surface area contributed by atoms with E-state index >= 15 is 0 Å². The third kappa shape index (κ3) is 13.6. The number of rotatable bonds is 16. The molecule has 0 aliphatic rings. The van der Waals surface area contributed by atoms with Crippen LogP contribution in [0.2, 0.25) is 0 Å². The Hall–Kier alpha value is -5.85. The van der Waals surface area contributed by atoms with Gasteiger partial charge in [0.2, 0.25) is 0 Å². The van der Waals surface area contributed by atoms with Gasteiger partial charge in [-0.1, -0.05) is 157 Å². The van der Waals surface area contributed by atoms with Gasteiger partial charge < -0.3 is 9.97 Å². The van der Waals surface area contributed by atoms with Gasteiger partial charge in [-0.05, 0) is 151 Å². The van der Waals surface area contributed by atoms with Crippen molar-refractivity contribution >= 4 is 37.5 Å². The summed E-state index contributed by atoms with van der Waals surface area (Å²) < 4.78 is 27.1. The molecule has 3 N–H and O–H groups in total. The van der Waals surface area contributed by atoms with E-state index in [2.05, 4.69) is 153 Å². The van der Waals surface area contributed by atoms with Crippen LogP contribution in [0.25, 0.3) is 21.8 Å². The predicted octanol–water partition coefficient (Wildman–Crippen LogP) is 15.6. The molecule has 8 aromatic rings. The molecule has 0 radical (unpaired) electrons. The van der Waals surface area contributed by atoms with E-state index in [1.54, 1.807) is 42.5 Å². The van der Waals surface area contributed by atoms with E-state index in [9.17, 15) is 8.42 Å². The molecule has 2 heterocycles. The zero-order chi connectivity index (χ0) is 45.5. The first-order valence-corrected chi connectivity index (χ1v) is 24.8. The average molecular weight is 872 g/mol. The molecule has 334 valence electrons. The van der Waals surface area contributed by atoms with Crippen LogP contribution in [0, 0.1) is 6.92 Å². The van der Waals surface area contributed by atoms with Crippen molar-refractivity contribution in [2.45, 2.75) is 122 Å². The lowest BCUT2D eigenvalue weighted by molar-refractivity contribution is 0.601. The molecule has 6 aromatic carbocycles. The highest BCUT2D eigenvalue weighted by atomic mass is 32.2. The second-order valence-electron chi connectivity index (χ2n) is 18.0. The number of aryl methyl sites for hydroxylation is 5. The van der Waals surface area contributed by atoms with Crippen molar-refractivity contribution in [1.82, 2.24) is 9.97 Å². The molecular formula is C58H69N3O2S. The fraction of sp³-hybridized carbons (Fsp3) is 0.310. The number of aromatic amines is 2. The number of sulfonamides is 1. The van der Waals surface area contributed by atoms with Gasteiger partial charge in [-0.3, -0.25) is 4.72 Å². The summed E-state index contributed by atoms with van der Waals surface area (Å²) in [4.78, 5) is 7.16. The second-order valence-corrected chi connectivity index (χ2v) is 19.7. The van der Waals surface area contributed by atoms with Crippen LogP contribution < -0.4 is 4.72 Å². The zero-order valence-electron chi connectivity index (χ0n) is 39.1. The first-order valence-electron chi connectivity index (χ1n) is 23.3. The Labute approximate surface area is 383 Å². The summed E-state index contributed by atoms with van der Waals surface area (Å²) in [6.07, 6.45) is 11.8. The van der Waals surface area contributed by atoms with Crippen LogP contribution in [0.3, 0.4) is 0 Å². The molecule has 0 bridgehead atoms. The predicted molar refractivity (Wildman–Crippen MR) is 273 cm³/mol. The number of para-hydroxylation sites is 3. The maximum absolute atomic E-state index is 12.3. The van der Waals surface area contributed by atoms with Crippen LogP contribution in [-0.2, 0) is 35.7 Å². The molecule has 0 aliphatic carbocycles. The van der Waals surface area contributed by atoms with Gasteiger partial charge in [0.1, 0.15) is 0 Å². The van der Waals surface area contributed by atoms with Gasteiger partial charge in [0.05, 0.1) is 4.90 Å². The standard InChI is InChI=1S/C22H27N.C21H25N.C15H17NO2S/c1-16(2)19-14-12-18(13-15-19)8-4-5-9-20-17(3)23-22-11-7-6-10-21(20)22;1-16(2)18-13-11-17(12-14-18)7-3-4-8-19-15-22-21-10-6-5-9-20(19)21;1-12(2)13-7-6-10-15(11-13)19(17,18)16-14-8-4-3-5-9-14/h6-7,10-16,23H,4-5,8-9H2,1-3H3;5-6,9-16,22H,3-4,7-8H2,1-2H3;3-12,16H,1-2H3. The van der Waals surface area contributed by atoms with E-state index in [1.807, 2.05) is 26.0 Å². The van der Waals surface area contributed by atoms with Crippen molar-refractivity contribution in [3.05, 3.63) is 202 Å². The number of fused-ring (bicyclic) bond motifs is 2. The summed E-state index contributed by atoms with van der Waals surface area (Å²) in [7, 11) is -3.52. The highest BCUT2D eigenvalue weighted by molar-refractivity contribution is 7.92. The topological polar surface area (TPSA) is 77.8 Å². The van der Waals surface area contributed by atoms with E-state index in [1.165, 1.54) is 106 Å². The lowest BCUT2D eigenvalue weighted by atomic mass is 9.98. The third-order valence-electron chi connectivity index (χ3n) is 12.2. The largest absolute Gasteiger partial charge is 0.361 e. The zero-order valence-corrected chi connectivity index (χ0v) is 39.9. The highest BCUT2D eigenvalue weighted by Gasteiger charge is 2.15. The quantitative estimate of drug-likeness (QED) is 0.0846. The van der Waals surface area contributed by atoms with Crippen LogP contribution >= 0.6 is 0 Å². The van der Waals surface area contributed by atoms with Crippen LogP contribution in [0.15, 0.2) is 163 Å². The van der Waals surface area contributed by atoms with Crippen molar-refractivity contribution in [1.29, 1.82) is 0 Å². The number of nitrogens with one attached hydrogen (secondary N) is 3. The summed E-state index contributed by atoms with van der Waals surface area (Å²) in [5, 5.41) is 2.77. The summed E-state index contributed by atoms with van der Waals surface area (Å²) in [5.41, 5.74) is 14.2. The average Bonchev–Trinajstić information content (AvgIpc) is 3.87. The summed E-state index contributed by atoms with van der Waals surface area (Å²) >= 11 is 0. The molecule has 0 aliphatic heterocycles. The van der Waals surface area contributed by atoms with E-state index in [0.717, 1.165) is 12.0 Å². The third-order valence-corrected chi connectivity index (χ3v) is 13.5. The van der Waals surface area contributed by atoms with Crippen molar-refractivity contribution in [3.63, 3.8) is 0 Å². The summed E-state index contributed by atoms with van der Waals surface area (Å²) in [6.45, 7) is 15.3. The van der Waals surface area contributed by atoms with Crippen molar-refractivity contribution in [2.24, 2.45) is 0 Å². The van der Waals surface area contributed by atoms with Gasteiger partial charge >= 0.3 is 0 Å². The van der Waals surface area contributed by atoms with Crippen molar-refractivity contribution in [3.8, 4) is 0 Å². The molecule has 0 fully saturated rings. The van der Waals surface area contributed by atoms with Gasteiger partial charge in [-0.15, -0.1) is 0 Å². The maximum atomic E-state index is 12.3. The molecule has 0 saturated heterocycles. The van der Waals surface area contributed by atoms with E-state index < -0.39 is 10.0 Å². The van der Waals surface area contributed by atoms with Gasteiger partial charge in [-0.25, -0.2) is 8.42 Å². The molecule has 5 nitrogen and oxygen atoms in total. The van der Waals surface area contributed by atoms with Crippen LogP contribution in [0.5, 0.6) is 0 Å². The molecule has 2 aromatic heterocycles. The van der Waals surface area contributed by atoms with Crippen molar-refractivity contribution < 1.29 is 8.42 Å². The minimum absolute atomic E-state index is 0.294. The number of benzene rings is 6. The summed E-state index contributed by atoms with van der Waals surface area (Å²) in [5.74, 6) is 1.54. The van der Waals surface area contributed by atoms with Gasteiger partial charge in [0.15, 0.2) is 0 Å². The number of hydrogen-bond donors (Lipinski definition) is 3. The Balaban J connectivity index is 0.000000160.